The third kappa shape index (κ3) is 5.08. The van der Waals surface area contributed by atoms with Gasteiger partial charge in [-0.05, 0) is 44.1 Å². The van der Waals surface area contributed by atoms with Gasteiger partial charge in [0.2, 0.25) is 0 Å². The molecule has 2 rings (SSSR count). The zero-order valence-electron chi connectivity index (χ0n) is 12.8. The summed E-state index contributed by atoms with van der Waals surface area (Å²) in [6.45, 7) is 4.97. The van der Waals surface area contributed by atoms with Gasteiger partial charge in [0.15, 0.2) is 0 Å². The van der Waals surface area contributed by atoms with Gasteiger partial charge in [0, 0.05) is 13.1 Å². The van der Waals surface area contributed by atoms with Gasteiger partial charge in [-0.3, -0.25) is 0 Å². The van der Waals surface area contributed by atoms with E-state index in [1.807, 2.05) is 13.0 Å². The van der Waals surface area contributed by atoms with Crippen LogP contribution < -0.4 is 11.1 Å². The van der Waals surface area contributed by atoms with Gasteiger partial charge in [0.1, 0.15) is 5.82 Å². The molecule has 1 aromatic carbocycles. The lowest BCUT2D eigenvalue weighted by atomic mass is 10.2. The minimum Gasteiger partial charge on any atom is -0.397 e. The fourth-order valence-electron chi connectivity index (χ4n) is 2.31. The van der Waals surface area contributed by atoms with E-state index in [-0.39, 0.29) is 0 Å². The van der Waals surface area contributed by atoms with Gasteiger partial charge < -0.3 is 16.0 Å². The molecule has 0 fully saturated rings. The van der Waals surface area contributed by atoms with E-state index in [0.717, 1.165) is 37.4 Å². The lowest BCUT2D eigenvalue weighted by molar-refractivity contribution is 0.325. The van der Waals surface area contributed by atoms with Crippen LogP contribution in [0.1, 0.15) is 17.5 Å². The van der Waals surface area contributed by atoms with Crippen molar-refractivity contribution in [2.75, 3.05) is 31.2 Å². The average Bonchev–Trinajstić information content (AvgIpc) is 2.46. The van der Waals surface area contributed by atoms with Crippen LogP contribution in [-0.2, 0) is 6.54 Å². The summed E-state index contributed by atoms with van der Waals surface area (Å²) in [5.41, 5.74) is 8.85. The second-order valence-corrected chi connectivity index (χ2v) is 5.44. The molecule has 0 saturated heterocycles. The van der Waals surface area contributed by atoms with Gasteiger partial charge in [0.25, 0.3) is 0 Å². The molecule has 0 amide bonds. The van der Waals surface area contributed by atoms with Gasteiger partial charge in [-0.1, -0.05) is 30.3 Å². The van der Waals surface area contributed by atoms with Gasteiger partial charge in [-0.2, -0.15) is 0 Å². The number of hydrogen-bond donors (Lipinski definition) is 2. The number of nitrogen functional groups attached to an aromatic ring is 1. The SMILES string of the molecule is Cc1cc(N)cnc1NCCCN(C)Cc1ccccc1. The predicted octanol–water partition coefficient (Wildman–Crippen LogP) is 2.91. The van der Waals surface area contributed by atoms with Gasteiger partial charge >= 0.3 is 0 Å². The fourth-order valence-corrected chi connectivity index (χ4v) is 2.31. The number of pyridine rings is 1. The first-order valence-electron chi connectivity index (χ1n) is 7.33. The van der Waals surface area contributed by atoms with Crippen molar-refractivity contribution in [1.29, 1.82) is 0 Å². The summed E-state index contributed by atoms with van der Waals surface area (Å²) >= 11 is 0. The Hall–Kier alpha value is -2.07. The van der Waals surface area contributed by atoms with E-state index in [1.54, 1.807) is 6.20 Å². The Balaban J connectivity index is 1.69. The van der Waals surface area contributed by atoms with Crippen molar-refractivity contribution in [2.45, 2.75) is 19.9 Å². The van der Waals surface area contributed by atoms with Crippen LogP contribution >= 0.6 is 0 Å². The lowest BCUT2D eigenvalue weighted by Gasteiger charge is -2.17. The van der Waals surface area contributed by atoms with Crippen LogP contribution in [0.25, 0.3) is 0 Å². The molecule has 0 radical (unpaired) electrons. The van der Waals surface area contributed by atoms with Crippen molar-refractivity contribution >= 4 is 11.5 Å². The largest absolute Gasteiger partial charge is 0.397 e. The highest BCUT2D eigenvalue weighted by Crippen LogP contribution is 2.13. The molecular formula is C17H24N4. The number of benzene rings is 1. The quantitative estimate of drug-likeness (QED) is 0.768. The number of aryl methyl sites for hydroxylation is 1. The maximum Gasteiger partial charge on any atom is 0.128 e. The third-order valence-electron chi connectivity index (χ3n) is 3.40. The smallest absolute Gasteiger partial charge is 0.128 e. The number of nitrogens with two attached hydrogens (primary N) is 1. The Morgan fingerprint density at radius 1 is 1.24 bits per heavy atom. The minimum absolute atomic E-state index is 0.709. The summed E-state index contributed by atoms with van der Waals surface area (Å²) in [6, 6.07) is 12.5. The van der Waals surface area contributed by atoms with Crippen LogP contribution in [0.2, 0.25) is 0 Å². The molecular weight excluding hydrogens is 260 g/mol. The maximum absolute atomic E-state index is 5.70. The molecule has 4 heteroatoms. The molecule has 0 atom stereocenters. The lowest BCUT2D eigenvalue weighted by Crippen LogP contribution is -2.21. The van der Waals surface area contributed by atoms with Crippen LogP contribution in [0.15, 0.2) is 42.6 Å². The summed E-state index contributed by atoms with van der Waals surface area (Å²) < 4.78 is 0. The number of nitrogens with zero attached hydrogens (tertiary/aromatic N) is 2. The highest BCUT2D eigenvalue weighted by molar-refractivity contribution is 5.50. The van der Waals surface area contributed by atoms with Crippen LogP contribution in [0, 0.1) is 6.92 Å². The van der Waals surface area contributed by atoms with Crippen molar-refractivity contribution in [3.8, 4) is 0 Å². The van der Waals surface area contributed by atoms with Crippen molar-refractivity contribution in [3.63, 3.8) is 0 Å². The number of nitrogens with one attached hydrogen (secondary N) is 1. The molecule has 0 aliphatic heterocycles. The molecule has 2 aromatic rings. The zero-order chi connectivity index (χ0) is 15.1. The Bertz CT molecular complexity index is 554. The Morgan fingerprint density at radius 3 is 2.71 bits per heavy atom. The molecule has 0 aliphatic carbocycles. The summed E-state index contributed by atoms with van der Waals surface area (Å²) in [6.07, 6.45) is 2.77. The third-order valence-corrected chi connectivity index (χ3v) is 3.40. The monoisotopic (exact) mass is 284 g/mol. The molecule has 0 bridgehead atoms. The first kappa shape index (κ1) is 15.3. The van der Waals surface area contributed by atoms with E-state index >= 15 is 0 Å². The molecule has 1 heterocycles. The second-order valence-electron chi connectivity index (χ2n) is 5.44. The average molecular weight is 284 g/mol. The van der Waals surface area contributed by atoms with E-state index < -0.39 is 0 Å². The summed E-state index contributed by atoms with van der Waals surface area (Å²) in [5.74, 6) is 0.926. The Labute approximate surface area is 127 Å². The first-order chi connectivity index (χ1) is 10.1. The number of rotatable bonds is 7. The number of anilines is 2. The summed E-state index contributed by atoms with van der Waals surface area (Å²) in [4.78, 5) is 6.65. The molecule has 0 saturated carbocycles. The van der Waals surface area contributed by atoms with Gasteiger partial charge in [-0.25, -0.2) is 4.98 Å². The topological polar surface area (TPSA) is 54.2 Å². The Morgan fingerprint density at radius 2 is 2.00 bits per heavy atom. The van der Waals surface area contributed by atoms with Crippen molar-refractivity contribution in [1.82, 2.24) is 9.88 Å². The van der Waals surface area contributed by atoms with Crippen molar-refractivity contribution < 1.29 is 0 Å². The Kier molecular flexibility index (Phi) is 5.58. The number of hydrogen-bond acceptors (Lipinski definition) is 4. The maximum atomic E-state index is 5.70. The van der Waals surface area contributed by atoms with Gasteiger partial charge in [-0.15, -0.1) is 0 Å². The van der Waals surface area contributed by atoms with E-state index in [0.29, 0.717) is 5.69 Å². The van der Waals surface area contributed by atoms with Crippen LogP contribution in [0.4, 0.5) is 11.5 Å². The summed E-state index contributed by atoms with van der Waals surface area (Å²) in [5, 5.41) is 3.37. The van der Waals surface area contributed by atoms with Gasteiger partial charge in [0.05, 0.1) is 11.9 Å². The second kappa shape index (κ2) is 7.64. The van der Waals surface area contributed by atoms with Crippen molar-refractivity contribution in [2.24, 2.45) is 0 Å². The molecule has 0 spiro atoms. The molecule has 3 N–H and O–H groups in total. The van der Waals surface area contributed by atoms with Crippen LogP contribution in [0.5, 0.6) is 0 Å². The van der Waals surface area contributed by atoms with E-state index in [9.17, 15) is 0 Å². The number of aromatic nitrogens is 1. The fraction of sp³-hybridized carbons (Fsp3) is 0.353. The highest BCUT2D eigenvalue weighted by Gasteiger charge is 2.02. The van der Waals surface area contributed by atoms with E-state index in [4.69, 9.17) is 5.73 Å². The minimum atomic E-state index is 0.709. The molecule has 4 nitrogen and oxygen atoms in total. The molecule has 0 unspecified atom stereocenters. The van der Waals surface area contributed by atoms with Crippen molar-refractivity contribution in [3.05, 3.63) is 53.7 Å². The first-order valence-corrected chi connectivity index (χ1v) is 7.33. The predicted molar refractivity (Wildman–Crippen MR) is 89.3 cm³/mol. The van der Waals surface area contributed by atoms with E-state index in [1.165, 1.54) is 5.56 Å². The molecule has 21 heavy (non-hydrogen) atoms. The van der Waals surface area contributed by atoms with Crippen LogP contribution in [0.3, 0.4) is 0 Å². The summed E-state index contributed by atoms with van der Waals surface area (Å²) in [7, 11) is 2.15. The standard InChI is InChI=1S/C17H24N4/c1-14-11-16(18)12-20-17(14)19-9-6-10-21(2)13-15-7-4-3-5-8-15/h3-5,7-8,11-12H,6,9-10,13,18H2,1-2H3,(H,19,20). The highest BCUT2D eigenvalue weighted by atomic mass is 15.1. The molecule has 0 aliphatic rings. The zero-order valence-corrected chi connectivity index (χ0v) is 12.8. The van der Waals surface area contributed by atoms with E-state index in [2.05, 4.69) is 52.6 Å². The van der Waals surface area contributed by atoms with Crippen LogP contribution in [-0.4, -0.2) is 30.0 Å². The molecule has 112 valence electrons. The normalized spacial score (nSPS) is 10.8. The molecule has 1 aromatic heterocycles.